The van der Waals surface area contributed by atoms with Gasteiger partial charge in [0.25, 0.3) is 0 Å². The minimum absolute atomic E-state index is 0.315. The van der Waals surface area contributed by atoms with Crippen molar-refractivity contribution in [1.82, 2.24) is 4.98 Å². The lowest BCUT2D eigenvalue weighted by molar-refractivity contribution is 0.594. The van der Waals surface area contributed by atoms with Crippen molar-refractivity contribution in [2.45, 2.75) is 13.3 Å². The van der Waals surface area contributed by atoms with E-state index < -0.39 is 0 Å². The average Bonchev–Trinajstić information content (AvgIpc) is 2.17. The fraction of sp³-hybridized carbons (Fsp3) is 0.500. The lowest BCUT2D eigenvalue weighted by Crippen LogP contribution is -2.12. The minimum atomic E-state index is -0.315. The number of anilines is 1. The Balaban J connectivity index is 2.34. The summed E-state index contributed by atoms with van der Waals surface area (Å²) in [7, 11) is 0. The van der Waals surface area contributed by atoms with Crippen molar-refractivity contribution in [3.8, 4) is 0 Å². The van der Waals surface area contributed by atoms with Crippen molar-refractivity contribution in [3.63, 3.8) is 0 Å². The molecule has 0 saturated carbocycles. The molecule has 1 heterocycles. The number of alkyl halides is 1. The van der Waals surface area contributed by atoms with Crippen LogP contribution in [0.1, 0.15) is 13.3 Å². The maximum Gasteiger partial charge on any atom is 0.141 e. The first-order valence-electron chi connectivity index (χ1n) is 4.63. The molecule has 0 bridgehead atoms. The average molecular weight is 217 g/mol. The summed E-state index contributed by atoms with van der Waals surface area (Å²) < 4.78 is 12.5. The molecule has 78 valence electrons. The third kappa shape index (κ3) is 3.92. The van der Waals surface area contributed by atoms with Crippen LogP contribution in [0.25, 0.3) is 0 Å². The molecule has 4 heteroatoms. The summed E-state index contributed by atoms with van der Waals surface area (Å²) in [5.74, 6) is 1.55. The zero-order chi connectivity index (χ0) is 10.4. The van der Waals surface area contributed by atoms with Crippen molar-refractivity contribution < 1.29 is 4.39 Å². The van der Waals surface area contributed by atoms with E-state index in [0.717, 1.165) is 13.0 Å². The second kappa shape index (κ2) is 5.81. The highest BCUT2D eigenvalue weighted by Gasteiger charge is 2.01. The largest absolute Gasteiger partial charge is 0.370 e. The first-order valence-corrected chi connectivity index (χ1v) is 5.17. The Morgan fingerprint density at radius 3 is 2.93 bits per heavy atom. The van der Waals surface area contributed by atoms with E-state index in [9.17, 15) is 4.39 Å². The first-order chi connectivity index (χ1) is 6.72. The Labute approximate surface area is 88.5 Å². The van der Waals surface area contributed by atoms with Crippen molar-refractivity contribution in [1.29, 1.82) is 0 Å². The molecule has 0 aliphatic rings. The normalized spacial score (nSPS) is 12.5. The number of nitrogens with one attached hydrogen (secondary N) is 1. The lowest BCUT2D eigenvalue weighted by atomic mass is 10.1. The SMILES string of the molecule is CC(CCCl)CNc1ccc(F)cn1. The zero-order valence-corrected chi connectivity index (χ0v) is 8.89. The number of nitrogens with zero attached hydrogens (tertiary/aromatic N) is 1. The Morgan fingerprint density at radius 2 is 2.36 bits per heavy atom. The molecule has 2 nitrogen and oxygen atoms in total. The van der Waals surface area contributed by atoms with Crippen LogP contribution in [0.3, 0.4) is 0 Å². The maximum atomic E-state index is 12.5. The topological polar surface area (TPSA) is 24.9 Å². The fourth-order valence-electron chi connectivity index (χ4n) is 1.05. The van der Waals surface area contributed by atoms with Crippen LogP contribution < -0.4 is 5.32 Å². The van der Waals surface area contributed by atoms with Gasteiger partial charge in [-0.1, -0.05) is 6.92 Å². The van der Waals surface area contributed by atoms with Crippen LogP contribution in [0.4, 0.5) is 10.2 Å². The Bertz CT molecular complexity index is 263. The van der Waals surface area contributed by atoms with Gasteiger partial charge in [-0.15, -0.1) is 11.6 Å². The number of aromatic nitrogens is 1. The fourth-order valence-corrected chi connectivity index (χ4v) is 1.42. The standard InChI is InChI=1S/C10H14ClFN2/c1-8(4-5-11)6-13-10-3-2-9(12)7-14-10/h2-3,7-8H,4-6H2,1H3,(H,13,14). The Kier molecular flexibility index (Phi) is 4.66. The van der Waals surface area contributed by atoms with Crippen molar-refractivity contribution in [3.05, 3.63) is 24.1 Å². The molecule has 1 N–H and O–H groups in total. The molecule has 0 aliphatic carbocycles. The van der Waals surface area contributed by atoms with Crippen LogP contribution in [-0.4, -0.2) is 17.4 Å². The Morgan fingerprint density at radius 1 is 1.57 bits per heavy atom. The summed E-state index contributed by atoms with van der Waals surface area (Å²) in [5.41, 5.74) is 0. The van der Waals surface area contributed by atoms with Crippen LogP contribution in [0.15, 0.2) is 18.3 Å². The maximum absolute atomic E-state index is 12.5. The highest BCUT2D eigenvalue weighted by molar-refractivity contribution is 6.17. The number of hydrogen-bond donors (Lipinski definition) is 1. The first kappa shape index (κ1) is 11.2. The van der Waals surface area contributed by atoms with Crippen molar-refractivity contribution in [2.75, 3.05) is 17.7 Å². The van der Waals surface area contributed by atoms with Gasteiger partial charge in [0, 0.05) is 12.4 Å². The molecular formula is C10H14ClFN2. The van der Waals surface area contributed by atoms with E-state index in [0.29, 0.717) is 17.6 Å². The van der Waals surface area contributed by atoms with Gasteiger partial charge in [-0.2, -0.15) is 0 Å². The second-order valence-electron chi connectivity index (χ2n) is 3.33. The smallest absolute Gasteiger partial charge is 0.141 e. The van der Waals surface area contributed by atoms with E-state index in [2.05, 4.69) is 17.2 Å². The summed E-state index contributed by atoms with van der Waals surface area (Å²) in [6.07, 6.45) is 2.17. The van der Waals surface area contributed by atoms with Gasteiger partial charge in [0.15, 0.2) is 0 Å². The summed E-state index contributed by atoms with van der Waals surface area (Å²) in [6, 6.07) is 3.02. The second-order valence-corrected chi connectivity index (χ2v) is 3.70. The molecule has 1 rings (SSSR count). The van der Waals surface area contributed by atoms with Crippen molar-refractivity contribution >= 4 is 17.4 Å². The molecule has 1 aromatic rings. The summed E-state index contributed by atoms with van der Waals surface area (Å²) in [4.78, 5) is 3.89. The van der Waals surface area contributed by atoms with Gasteiger partial charge in [-0.05, 0) is 24.5 Å². The van der Waals surface area contributed by atoms with E-state index in [1.165, 1.54) is 12.3 Å². The van der Waals surface area contributed by atoms with Crippen LogP contribution in [0.5, 0.6) is 0 Å². The number of hydrogen-bond acceptors (Lipinski definition) is 2. The molecule has 0 spiro atoms. The molecule has 1 atom stereocenters. The van der Waals surface area contributed by atoms with Crippen molar-refractivity contribution in [2.24, 2.45) is 5.92 Å². The van der Waals surface area contributed by atoms with Crippen LogP contribution in [0.2, 0.25) is 0 Å². The highest BCUT2D eigenvalue weighted by Crippen LogP contribution is 2.07. The molecule has 1 unspecified atom stereocenters. The van der Waals surface area contributed by atoms with E-state index in [1.54, 1.807) is 6.07 Å². The molecule has 1 aromatic heterocycles. The molecule has 0 radical (unpaired) electrons. The Hall–Kier alpha value is -0.830. The van der Waals surface area contributed by atoms with E-state index in [1.807, 2.05) is 0 Å². The minimum Gasteiger partial charge on any atom is -0.370 e. The molecule has 0 aliphatic heterocycles. The molecule has 0 aromatic carbocycles. The lowest BCUT2D eigenvalue weighted by Gasteiger charge is -2.10. The molecule has 14 heavy (non-hydrogen) atoms. The summed E-state index contributed by atoms with van der Waals surface area (Å²) in [6.45, 7) is 2.92. The van der Waals surface area contributed by atoms with Crippen LogP contribution >= 0.6 is 11.6 Å². The predicted molar refractivity (Wildman–Crippen MR) is 57.2 cm³/mol. The number of rotatable bonds is 5. The van der Waals surface area contributed by atoms with Gasteiger partial charge < -0.3 is 5.32 Å². The quantitative estimate of drug-likeness (QED) is 0.766. The van der Waals surface area contributed by atoms with Crippen LogP contribution in [0, 0.1) is 11.7 Å². The van der Waals surface area contributed by atoms with Gasteiger partial charge in [0.2, 0.25) is 0 Å². The molecule has 0 amide bonds. The molecule has 0 saturated heterocycles. The molecular weight excluding hydrogens is 203 g/mol. The summed E-state index contributed by atoms with van der Waals surface area (Å²) >= 11 is 5.61. The van der Waals surface area contributed by atoms with Gasteiger partial charge in [0.1, 0.15) is 11.6 Å². The monoisotopic (exact) mass is 216 g/mol. The van der Waals surface area contributed by atoms with E-state index >= 15 is 0 Å². The van der Waals surface area contributed by atoms with Crippen LogP contribution in [-0.2, 0) is 0 Å². The van der Waals surface area contributed by atoms with Gasteiger partial charge in [-0.3, -0.25) is 0 Å². The van der Waals surface area contributed by atoms with Gasteiger partial charge in [0.05, 0.1) is 6.20 Å². The van der Waals surface area contributed by atoms with E-state index in [4.69, 9.17) is 11.6 Å². The number of pyridine rings is 1. The predicted octanol–water partition coefficient (Wildman–Crippen LogP) is 2.90. The van der Waals surface area contributed by atoms with Gasteiger partial charge >= 0.3 is 0 Å². The molecule has 0 fully saturated rings. The van der Waals surface area contributed by atoms with Gasteiger partial charge in [-0.25, -0.2) is 9.37 Å². The zero-order valence-electron chi connectivity index (χ0n) is 8.13. The highest BCUT2D eigenvalue weighted by atomic mass is 35.5. The third-order valence-corrected chi connectivity index (χ3v) is 2.18. The summed E-state index contributed by atoms with van der Waals surface area (Å²) in [5, 5.41) is 3.12. The third-order valence-electron chi connectivity index (χ3n) is 1.96. The van der Waals surface area contributed by atoms with E-state index in [-0.39, 0.29) is 5.82 Å². The number of halogens is 2.